The number of piperidine rings is 1. The first kappa shape index (κ1) is 41.6. The molecule has 0 bridgehead atoms. The van der Waals surface area contributed by atoms with Crippen molar-refractivity contribution in [3.8, 4) is 45.8 Å². The fourth-order valence-electron chi connectivity index (χ4n) is 9.46. The molecular weight excluding hydrogens is 841 g/mol. The highest BCUT2D eigenvalue weighted by Gasteiger charge is 2.44. The van der Waals surface area contributed by atoms with Crippen LogP contribution < -0.4 is 33.7 Å². The minimum atomic E-state index is -0.980. The van der Waals surface area contributed by atoms with Crippen molar-refractivity contribution >= 4 is 46.0 Å². The lowest BCUT2D eigenvalue weighted by Crippen LogP contribution is -2.56. The monoisotopic (exact) mass is 890 g/mol. The second-order valence-corrected chi connectivity index (χ2v) is 17.7. The Balaban J connectivity index is 0.861. The van der Waals surface area contributed by atoms with Crippen molar-refractivity contribution in [3.05, 3.63) is 64.5 Å². The summed E-state index contributed by atoms with van der Waals surface area (Å²) in [5.41, 5.74) is 6.70. The fraction of sp³-hybridized carbons (Fsp3) is 0.457. The van der Waals surface area contributed by atoms with Crippen molar-refractivity contribution in [2.75, 3.05) is 40.7 Å². The summed E-state index contributed by atoms with van der Waals surface area (Å²) in [6.45, 7) is 3.17. The normalized spacial score (nSPS) is 20.1. The van der Waals surface area contributed by atoms with Gasteiger partial charge in [0.05, 0.1) is 60.6 Å². The molecule has 64 heavy (non-hydrogen) atoms. The van der Waals surface area contributed by atoms with Crippen LogP contribution in [-0.2, 0) is 16.0 Å². The van der Waals surface area contributed by atoms with Crippen LogP contribution >= 0.6 is 11.3 Å². The van der Waals surface area contributed by atoms with Crippen LogP contribution in [0.15, 0.2) is 52.7 Å². The van der Waals surface area contributed by atoms with Crippen molar-refractivity contribution in [2.45, 2.75) is 76.8 Å². The molecule has 0 unspecified atom stereocenters. The second-order valence-electron chi connectivity index (χ2n) is 17.0. The number of fused-ring (bicyclic) bond motifs is 3. The third-order valence-corrected chi connectivity index (χ3v) is 13.6. The largest absolute Gasteiger partial charge is 0.493 e. The highest BCUT2D eigenvalue weighted by molar-refractivity contribution is 7.07. The highest BCUT2D eigenvalue weighted by atomic mass is 32.1. The third kappa shape index (κ3) is 8.03. The van der Waals surface area contributed by atoms with E-state index in [1.807, 2.05) is 35.7 Å². The summed E-state index contributed by atoms with van der Waals surface area (Å²) in [7, 11) is 3.22. The van der Waals surface area contributed by atoms with E-state index >= 15 is 0 Å². The summed E-state index contributed by atoms with van der Waals surface area (Å²) >= 11 is 1.41. The molecule has 2 saturated carbocycles. The smallest absolute Gasteiger partial charge is 0.413 e. The molecule has 6 heterocycles. The van der Waals surface area contributed by atoms with Crippen LogP contribution in [0.2, 0.25) is 0 Å². The number of hydrogen-bond donors (Lipinski definition) is 2. The van der Waals surface area contributed by atoms with E-state index in [4.69, 9.17) is 33.5 Å². The number of ether oxygens (including phenoxy) is 6. The van der Waals surface area contributed by atoms with Crippen molar-refractivity contribution in [3.63, 3.8) is 0 Å². The molecule has 3 aliphatic heterocycles. The molecule has 17 nitrogen and oxygen atoms in total. The van der Waals surface area contributed by atoms with Gasteiger partial charge in [-0.25, -0.2) is 24.8 Å². The van der Waals surface area contributed by atoms with E-state index in [1.54, 1.807) is 36.6 Å². The predicted molar refractivity (Wildman–Crippen MR) is 235 cm³/mol. The van der Waals surface area contributed by atoms with Gasteiger partial charge in [0.1, 0.15) is 29.3 Å². The van der Waals surface area contributed by atoms with Crippen molar-refractivity contribution < 1.29 is 42.8 Å². The molecule has 10 rings (SSSR count). The Morgan fingerprint density at radius 2 is 1.75 bits per heavy atom. The minimum absolute atomic E-state index is 0.0235. The number of thiazole rings is 1. The Kier molecular flexibility index (Phi) is 11.4. The number of benzene rings is 2. The van der Waals surface area contributed by atoms with E-state index < -0.39 is 12.1 Å². The second kappa shape index (κ2) is 17.6. The summed E-state index contributed by atoms with van der Waals surface area (Å²) in [4.78, 5) is 61.0. The number of carbonyl (C=O) groups excluding carboxylic acids is 3. The maximum atomic E-state index is 14.4. The van der Waals surface area contributed by atoms with Crippen LogP contribution in [0.5, 0.6) is 34.5 Å². The minimum Gasteiger partial charge on any atom is -0.493 e. The number of aromatic nitrogens is 4. The molecule has 3 fully saturated rings. The van der Waals surface area contributed by atoms with Gasteiger partial charge < -0.3 is 43.6 Å². The van der Waals surface area contributed by atoms with E-state index in [1.165, 1.54) is 17.7 Å². The first-order valence-electron chi connectivity index (χ1n) is 21.9. The fourth-order valence-corrected chi connectivity index (χ4v) is 10.0. The lowest BCUT2D eigenvalue weighted by atomic mass is 9.73. The Bertz CT molecular complexity index is 2600. The molecule has 2 aliphatic carbocycles. The van der Waals surface area contributed by atoms with E-state index in [-0.39, 0.29) is 48.7 Å². The van der Waals surface area contributed by atoms with Gasteiger partial charge in [-0.1, -0.05) is 12.8 Å². The van der Waals surface area contributed by atoms with Crippen molar-refractivity contribution in [1.29, 1.82) is 0 Å². The SMILES string of the molecule is COc1ccc(C2=NN(C3CCN(C(=O)[C@H](Cc4cscn4)NC(=O)Oc4c(C)[nH]c5c(-c6c(OCC7CC7)ccc7c6OCO7)ncnc45)CC3)C(=O)[C@@H]3CCCC[C@H]23)cc1OC. The third-order valence-electron chi connectivity index (χ3n) is 13.0. The summed E-state index contributed by atoms with van der Waals surface area (Å²) in [5.74, 6) is 3.28. The van der Waals surface area contributed by atoms with E-state index in [0.29, 0.717) is 101 Å². The van der Waals surface area contributed by atoms with E-state index in [2.05, 4.69) is 25.3 Å². The topological polar surface area (TPSA) is 192 Å². The predicted octanol–water partition coefficient (Wildman–Crippen LogP) is 6.67. The molecule has 5 aromatic rings. The molecule has 3 atom stereocenters. The maximum absolute atomic E-state index is 14.4. The average molecular weight is 891 g/mol. The zero-order valence-corrected chi connectivity index (χ0v) is 36.8. The van der Waals surface area contributed by atoms with Gasteiger partial charge in [-0.3, -0.25) is 9.59 Å². The summed E-state index contributed by atoms with van der Waals surface area (Å²) in [6.07, 6.45) is 7.80. The molecule has 334 valence electrons. The van der Waals surface area contributed by atoms with Crippen LogP contribution in [0.4, 0.5) is 4.79 Å². The highest BCUT2D eigenvalue weighted by Crippen LogP contribution is 2.49. The molecule has 1 saturated heterocycles. The van der Waals surface area contributed by atoms with Gasteiger partial charge in [0.2, 0.25) is 18.6 Å². The molecule has 5 aliphatic rings. The zero-order chi connectivity index (χ0) is 43.9. The van der Waals surface area contributed by atoms with E-state index in [0.717, 1.165) is 49.8 Å². The van der Waals surface area contributed by atoms with Gasteiger partial charge in [0.15, 0.2) is 28.7 Å². The number of aryl methyl sites for hydroxylation is 1. The maximum Gasteiger partial charge on any atom is 0.413 e. The van der Waals surface area contributed by atoms with Crippen molar-refractivity contribution in [1.82, 2.24) is 35.2 Å². The Labute approximate surface area is 373 Å². The number of likely N-dealkylation sites (tertiary alicyclic amines) is 1. The lowest BCUT2D eigenvalue weighted by molar-refractivity contribution is -0.143. The van der Waals surface area contributed by atoms with Gasteiger partial charge in [0.25, 0.3) is 0 Å². The van der Waals surface area contributed by atoms with E-state index in [9.17, 15) is 14.4 Å². The molecule has 3 aromatic heterocycles. The number of H-pyrrole nitrogens is 1. The van der Waals surface area contributed by atoms with Crippen LogP contribution in [0.25, 0.3) is 22.3 Å². The number of hydrogen-bond acceptors (Lipinski definition) is 14. The molecular formula is C46H50N8O9S. The first-order valence-corrected chi connectivity index (χ1v) is 22.9. The Morgan fingerprint density at radius 3 is 2.52 bits per heavy atom. The van der Waals surface area contributed by atoms with Gasteiger partial charge in [0, 0.05) is 42.3 Å². The first-order chi connectivity index (χ1) is 31.3. The number of nitrogens with one attached hydrogen (secondary N) is 2. The quantitative estimate of drug-likeness (QED) is 0.128. The summed E-state index contributed by atoms with van der Waals surface area (Å²) in [6, 6.07) is 8.29. The zero-order valence-electron chi connectivity index (χ0n) is 36.0. The van der Waals surface area contributed by atoms with Gasteiger partial charge in [-0.05, 0) is 81.7 Å². The molecule has 3 amide bonds. The number of hydrazone groups is 1. The molecule has 18 heteroatoms. The van der Waals surface area contributed by atoms with Crippen LogP contribution in [-0.4, -0.2) is 106 Å². The van der Waals surface area contributed by atoms with Gasteiger partial charge in [-0.15, -0.1) is 11.3 Å². The summed E-state index contributed by atoms with van der Waals surface area (Å²) < 4.78 is 35.0. The Morgan fingerprint density at radius 1 is 0.953 bits per heavy atom. The van der Waals surface area contributed by atoms with Gasteiger partial charge in [-0.2, -0.15) is 5.10 Å². The molecule has 0 spiro atoms. The van der Waals surface area contributed by atoms with Crippen molar-refractivity contribution in [2.24, 2.45) is 22.9 Å². The average Bonchev–Trinajstić information content (AvgIpc) is 3.61. The number of methoxy groups -OCH3 is 2. The molecule has 2 aromatic carbocycles. The summed E-state index contributed by atoms with van der Waals surface area (Å²) in [5, 5.41) is 11.5. The van der Waals surface area contributed by atoms with Gasteiger partial charge >= 0.3 is 6.09 Å². The number of nitrogens with zero attached hydrogens (tertiary/aromatic N) is 6. The molecule has 0 radical (unpaired) electrons. The number of aromatic amines is 1. The lowest BCUT2D eigenvalue weighted by Gasteiger charge is -2.43. The van der Waals surface area contributed by atoms with Crippen LogP contribution in [0, 0.1) is 24.7 Å². The molecule has 2 N–H and O–H groups in total. The Hall–Kier alpha value is -6.43. The van der Waals surface area contributed by atoms with Crippen LogP contribution in [0.3, 0.4) is 0 Å². The number of amides is 3. The number of carbonyl (C=O) groups is 3. The standard InChI is InChI=1S/C46H50N8O9S/c1-25-42(41-40(50-25)39(47-22-48-41)37-34(60-20-26-8-9-26)12-13-35-43(37)62-24-61-35)63-46(57)51-32(19-28-21-64-23-49-28)45(56)53-16-14-29(15-17-53)54-44(55)31-7-5-4-6-30(31)38(52-54)27-10-11-33(58-2)36(18-27)59-3/h10-13,18,21-23,26,29-32,50H,4-9,14-17,19-20,24H2,1-3H3,(H,51,57)/t30-,31+,32-/m0/s1. The van der Waals surface area contributed by atoms with Crippen LogP contribution in [0.1, 0.15) is 68.3 Å². The number of rotatable bonds is 13.